The van der Waals surface area contributed by atoms with Crippen molar-refractivity contribution in [3.63, 3.8) is 0 Å². The fourth-order valence-electron chi connectivity index (χ4n) is 2.60. The summed E-state index contributed by atoms with van der Waals surface area (Å²) in [7, 11) is 0. The molecule has 4 nitrogen and oxygen atoms in total. The predicted octanol–water partition coefficient (Wildman–Crippen LogP) is 2.96. The van der Waals surface area contributed by atoms with E-state index >= 15 is 0 Å². The molecule has 3 rings (SSSR count). The van der Waals surface area contributed by atoms with Crippen LogP contribution in [0.2, 0.25) is 0 Å². The Morgan fingerprint density at radius 1 is 1.13 bits per heavy atom. The minimum atomic E-state index is -0.875. The molecule has 2 aromatic rings. The third kappa shape index (κ3) is 3.06. The quantitative estimate of drug-likeness (QED) is 0.885. The van der Waals surface area contributed by atoms with Crippen LogP contribution in [0.15, 0.2) is 48.5 Å². The van der Waals surface area contributed by atoms with E-state index in [-0.39, 0.29) is 11.6 Å². The molecule has 1 N–H and O–H groups in total. The molecule has 0 aromatic heterocycles. The number of anilines is 2. The first-order valence-electron chi connectivity index (χ1n) is 7.18. The van der Waals surface area contributed by atoms with Crippen LogP contribution in [0, 0.1) is 17.6 Å². The number of para-hydroxylation sites is 1. The molecule has 1 aliphatic heterocycles. The van der Waals surface area contributed by atoms with E-state index in [9.17, 15) is 18.4 Å². The Bertz CT molecular complexity index is 750. The Balaban J connectivity index is 1.72. The second-order valence-corrected chi connectivity index (χ2v) is 5.28. The minimum Gasteiger partial charge on any atom is -0.323 e. The van der Waals surface area contributed by atoms with E-state index < -0.39 is 23.5 Å². The number of carbonyl (C=O) groups is 2. The molecule has 2 aromatic carbocycles. The van der Waals surface area contributed by atoms with Crippen molar-refractivity contribution in [1.82, 2.24) is 0 Å². The van der Waals surface area contributed by atoms with Crippen molar-refractivity contribution in [2.24, 2.45) is 5.92 Å². The molecule has 1 fully saturated rings. The highest BCUT2D eigenvalue weighted by Gasteiger charge is 2.37. The normalized spacial score (nSPS) is 17.4. The molecule has 0 radical (unpaired) electrons. The van der Waals surface area contributed by atoms with Crippen LogP contribution in [-0.4, -0.2) is 18.4 Å². The van der Waals surface area contributed by atoms with E-state index in [0.717, 1.165) is 17.8 Å². The molecule has 1 atom stereocenters. The van der Waals surface area contributed by atoms with Gasteiger partial charge in [0.1, 0.15) is 17.6 Å². The highest BCUT2D eigenvalue weighted by Crippen LogP contribution is 2.26. The van der Waals surface area contributed by atoms with Crippen molar-refractivity contribution in [2.45, 2.75) is 6.42 Å². The molecule has 23 heavy (non-hydrogen) atoms. The van der Waals surface area contributed by atoms with Gasteiger partial charge in [0.15, 0.2) is 0 Å². The van der Waals surface area contributed by atoms with E-state index in [4.69, 9.17) is 0 Å². The first-order chi connectivity index (χ1) is 11.1. The van der Waals surface area contributed by atoms with Gasteiger partial charge in [0.05, 0.1) is 5.69 Å². The fraction of sp³-hybridized carbons (Fsp3) is 0.176. The first kappa shape index (κ1) is 15.1. The van der Waals surface area contributed by atoms with Gasteiger partial charge in [-0.15, -0.1) is 0 Å². The number of hydrogen-bond donors (Lipinski definition) is 1. The summed E-state index contributed by atoms with van der Waals surface area (Å²) in [5.74, 6) is -3.38. The molecular weight excluding hydrogens is 302 g/mol. The topological polar surface area (TPSA) is 49.4 Å². The number of rotatable bonds is 3. The summed E-state index contributed by atoms with van der Waals surface area (Å²) in [4.78, 5) is 26.1. The summed E-state index contributed by atoms with van der Waals surface area (Å²) < 4.78 is 26.5. The maximum absolute atomic E-state index is 13.6. The summed E-state index contributed by atoms with van der Waals surface area (Å²) >= 11 is 0. The van der Waals surface area contributed by atoms with Gasteiger partial charge in [-0.3, -0.25) is 9.59 Å². The summed E-state index contributed by atoms with van der Waals surface area (Å²) in [5, 5.41) is 2.35. The van der Waals surface area contributed by atoms with Crippen molar-refractivity contribution in [1.29, 1.82) is 0 Å². The van der Waals surface area contributed by atoms with Gasteiger partial charge < -0.3 is 10.2 Å². The number of halogens is 2. The van der Waals surface area contributed by atoms with E-state index in [1.807, 2.05) is 18.2 Å². The number of carbonyl (C=O) groups excluding carboxylic acids is 2. The lowest BCUT2D eigenvalue weighted by atomic mass is 10.1. The zero-order valence-corrected chi connectivity index (χ0v) is 12.1. The molecule has 0 saturated carbocycles. The van der Waals surface area contributed by atoms with E-state index in [1.54, 1.807) is 12.1 Å². The van der Waals surface area contributed by atoms with Crippen LogP contribution in [0.4, 0.5) is 20.2 Å². The average Bonchev–Trinajstić information content (AvgIpc) is 2.92. The zero-order valence-electron chi connectivity index (χ0n) is 12.1. The monoisotopic (exact) mass is 316 g/mol. The highest BCUT2D eigenvalue weighted by molar-refractivity contribution is 6.13. The van der Waals surface area contributed by atoms with Crippen LogP contribution in [0.3, 0.4) is 0 Å². The van der Waals surface area contributed by atoms with Crippen molar-refractivity contribution in [3.05, 3.63) is 60.2 Å². The van der Waals surface area contributed by atoms with Crippen LogP contribution < -0.4 is 10.2 Å². The molecule has 0 spiro atoms. The van der Waals surface area contributed by atoms with Crippen LogP contribution in [0.1, 0.15) is 6.42 Å². The molecule has 1 saturated heterocycles. The van der Waals surface area contributed by atoms with Gasteiger partial charge in [0.2, 0.25) is 11.8 Å². The third-order valence-corrected chi connectivity index (χ3v) is 3.78. The Kier molecular flexibility index (Phi) is 4.06. The zero-order chi connectivity index (χ0) is 16.4. The second-order valence-electron chi connectivity index (χ2n) is 5.28. The van der Waals surface area contributed by atoms with Crippen molar-refractivity contribution < 1.29 is 18.4 Å². The van der Waals surface area contributed by atoms with Gasteiger partial charge in [-0.1, -0.05) is 18.2 Å². The standard InChI is InChI=1S/C17H14F2N2O2/c18-11-6-7-15(14(19)10-11)20-16(22)13-8-9-21(17(13)23)12-4-2-1-3-5-12/h1-7,10,13H,8-9H2,(H,20,22). The minimum absolute atomic E-state index is 0.137. The lowest BCUT2D eigenvalue weighted by molar-refractivity contribution is -0.129. The average molecular weight is 316 g/mol. The molecule has 0 bridgehead atoms. The maximum atomic E-state index is 13.6. The largest absolute Gasteiger partial charge is 0.323 e. The molecule has 1 aliphatic rings. The van der Waals surface area contributed by atoms with Gasteiger partial charge in [0.25, 0.3) is 0 Å². The lowest BCUT2D eigenvalue weighted by Gasteiger charge is -2.16. The molecule has 118 valence electrons. The molecule has 1 heterocycles. The van der Waals surface area contributed by atoms with Gasteiger partial charge >= 0.3 is 0 Å². The Morgan fingerprint density at radius 3 is 2.57 bits per heavy atom. The molecule has 1 unspecified atom stereocenters. The Hall–Kier alpha value is -2.76. The first-order valence-corrected chi connectivity index (χ1v) is 7.18. The van der Waals surface area contributed by atoms with Gasteiger partial charge in [-0.25, -0.2) is 8.78 Å². The van der Waals surface area contributed by atoms with E-state index in [2.05, 4.69) is 5.32 Å². The summed E-state index contributed by atoms with van der Waals surface area (Å²) in [6.07, 6.45) is 0.350. The van der Waals surface area contributed by atoms with Gasteiger partial charge in [-0.2, -0.15) is 0 Å². The smallest absolute Gasteiger partial charge is 0.239 e. The van der Waals surface area contributed by atoms with E-state index in [0.29, 0.717) is 19.0 Å². The third-order valence-electron chi connectivity index (χ3n) is 3.78. The molecular formula is C17H14F2N2O2. The number of nitrogens with zero attached hydrogens (tertiary/aromatic N) is 1. The Morgan fingerprint density at radius 2 is 1.87 bits per heavy atom. The summed E-state index contributed by atoms with van der Waals surface area (Å²) in [5.41, 5.74) is 0.586. The fourth-order valence-corrected chi connectivity index (χ4v) is 2.60. The summed E-state index contributed by atoms with van der Waals surface area (Å²) in [6, 6.07) is 11.9. The van der Waals surface area contributed by atoms with Crippen molar-refractivity contribution in [2.75, 3.05) is 16.8 Å². The SMILES string of the molecule is O=C(Nc1ccc(F)cc1F)C1CCN(c2ccccc2)C1=O. The second kappa shape index (κ2) is 6.16. The van der Waals surface area contributed by atoms with Crippen LogP contribution in [0.25, 0.3) is 0 Å². The van der Waals surface area contributed by atoms with Crippen molar-refractivity contribution in [3.8, 4) is 0 Å². The molecule has 6 heteroatoms. The van der Waals surface area contributed by atoms with Crippen molar-refractivity contribution >= 4 is 23.2 Å². The highest BCUT2D eigenvalue weighted by atomic mass is 19.1. The molecule has 2 amide bonds. The van der Waals surface area contributed by atoms with Gasteiger partial charge in [-0.05, 0) is 30.7 Å². The van der Waals surface area contributed by atoms with Crippen LogP contribution in [0.5, 0.6) is 0 Å². The summed E-state index contributed by atoms with van der Waals surface area (Å²) in [6.45, 7) is 0.423. The predicted molar refractivity (Wildman–Crippen MR) is 81.9 cm³/mol. The van der Waals surface area contributed by atoms with Crippen LogP contribution in [-0.2, 0) is 9.59 Å². The maximum Gasteiger partial charge on any atom is 0.239 e. The van der Waals surface area contributed by atoms with Crippen LogP contribution >= 0.6 is 0 Å². The number of benzene rings is 2. The number of nitrogens with one attached hydrogen (secondary N) is 1. The number of amides is 2. The lowest BCUT2D eigenvalue weighted by Crippen LogP contribution is -2.33. The van der Waals surface area contributed by atoms with Gasteiger partial charge in [0, 0.05) is 18.3 Å². The Labute approximate surface area is 131 Å². The molecule has 0 aliphatic carbocycles. The number of hydrogen-bond acceptors (Lipinski definition) is 2. The van der Waals surface area contributed by atoms with E-state index in [1.165, 1.54) is 4.90 Å².